The molecule has 0 radical (unpaired) electrons. The van der Waals surface area contributed by atoms with Crippen LogP contribution < -0.4 is 15.9 Å². The molecule has 2 amide bonds. The zero-order chi connectivity index (χ0) is 24.3. The van der Waals surface area contributed by atoms with Gasteiger partial charge in [0.15, 0.2) is 0 Å². The molecular formula is C30H27BrNO2P. The van der Waals surface area contributed by atoms with Gasteiger partial charge in [0, 0.05) is 0 Å². The average molecular weight is 544 g/mol. The number of unbranched alkanes of at least 4 members (excludes halogenated alkanes) is 1. The summed E-state index contributed by atoms with van der Waals surface area (Å²) < 4.78 is 0. The van der Waals surface area contributed by atoms with Crippen molar-refractivity contribution in [2.45, 2.75) is 12.8 Å². The zero-order valence-electron chi connectivity index (χ0n) is 19.4. The van der Waals surface area contributed by atoms with E-state index in [1.807, 2.05) is 0 Å². The van der Waals surface area contributed by atoms with Gasteiger partial charge in [0.2, 0.25) is 0 Å². The summed E-state index contributed by atoms with van der Waals surface area (Å²) in [6, 6.07) is 39.2. The second kappa shape index (κ2) is 9.53. The summed E-state index contributed by atoms with van der Waals surface area (Å²) in [6.45, 7) is 0.421. The first-order valence-corrected chi connectivity index (χ1v) is 16.3. The van der Waals surface area contributed by atoms with Crippen LogP contribution in [0.1, 0.15) is 33.6 Å². The molecule has 0 aliphatic carbocycles. The Morgan fingerprint density at radius 2 is 0.914 bits per heavy atom. The number of fused-ring (bicyclic) bond motifs is 1. The Hall–Kier alpha value is -3.07. The Morgan fingerprint density at radius 1 is 0.543 bits per heavy atom. The summed E-state index contributed by atoms with van der Waals surface area (Å²) in [4.78, 5) is 27.1. The Balaban J connectivity index is 1.47. The van der Waals surface area contributed by atoms with Crippen LogP contribution in [0.4, 0.5) is 0 Å². The van der Waals surface area contributed by atoms with E-state index in [1.165, 1.54) is 20.8 Å². The molecule has 5 rings (SSSR count). The molecule has 0 spiro atoms. The Kier molecular flexibility index (Phi) is 6.44. The van der Waals surface area contributed by atoms with Gasteiger partial charge >= 0.3 is 215 Å². The number of benzene rings is 4. The van der Waals surface area contributed by atoms with Crippen molar-refractivity contribution in [1.29, 1.82) is 0 Å². The second-order valence-corrected chi connectivity index (χ2v) is 18.0. The summed E-state index contributed by atoms with van der Waals surface area (Å²) in [7, 11) is 0. The molecule has 0 aromatic heterocycles. The average Bonchev–Trinajstić information content (AvgIpc) is 3.17. The van der Waals surface area contributed by atoms with Crippen LogP contribution in [-0.2, 0) is 0 Å². The number of rotatable bonds is 8. The van der Waals surface area contributed by atoms with Crippen LogP contribution in [0.15, 0.2) is 115 Å². The van der Waals surface area contributed by atoms with E-state index in [-0.39, 0.29) is 11.8 Å². The number of nitrogens with zero attached hydrogens (tertiary/aromatic N) is 1. The number of hydrogen-bond acceptors (Lipinski definition) is 2. The molecule has 3 nitrogen and oxygen atoms in total. The summed E-state index contributed by atoms with van der Waals surface area (Å²) >= 11 is 4.46. The van der Waals surface area contributed by atoms with Gasteiger partial charge in [-0.05, 0) is 0 Å². The van der Waals surface area contributed by atoms with Crippen LogP contribution in [0.25, 0.3) is 0 Å². The van der Waals surface area contributed by atoms with Gasteiger partial charge in [-0.1, -0.05) is 0 Å². The standard InChI is InChI=1S/C30H27BrNO2P/c31-35(24-14-4-1-5-15-24,25-16-6-2-7-17-25,26-18-8-3-9-19-26)23-13-12-22-32-29(33)27-20-10-11-21-28(27)30(32)34/h1-11,14-21H,12-13,22-23H2. The molecule has 1 aliphatic rings. The summed E-state index contributed by atoms with van der Waals surface area (Å²) in [6.07, 6.45) is 2.48. The van der Waals surface area contributed by atoms with E-state index in [0.29, 0.717) is 17.7 Å². The molecule has 35 heavy (non-hydrogen) atoms. The van der Waals surface area contributed by atoms with E-state index < -0.39 is 5.31 Å². The van der Waals surface area contributed by atoms with Crippen molar-refractivity contribution in [3.63, 3.8) is 0 Å². The third kappa shape index (κ3) is 3.95. The molecule has 1 aliphatic heterocycles. The molecule has 4 aromatic carbocycles. The minimum absolute atomic E-state index is 0.184. The number of carbonyl (C=O) groups excluding carboxylic acids is 2. The van der Waals surface area contributed by atoms with E-state index >= 15 is 0 Å². The minimum atomic E-state index is -2.99. The summed E-state index contributed by atoms with van der Waals surface area (Å²) in [5.41, 5.74) is 1.02. The van der Waals surface area contributed by atoms with Crippen LogP contribution in [0.3, 0.4) is 0 Å². The van der Waals surface area contributed by atoms with Gasteiger partial charge in [0.1, 0.15) is 0 Å². The fourth-order valence-corrected chi connectivity index (χ4v) is 12.9. The van der Waals surface area contributed by atoms with Gasteiger partial charge in [-0.25, -0.2) is 0 Å². The van der Waals surface area contributed by atoms with Crippen molar-refractivity contribution in [3.05, 3.63) is 126 Å². The molecular weight excluding hydrogens is 517 g/mol. The number of carbonyl (C=O) groups is 2. The van der Waals surface area contributed by atoms with E-state index in [9.17, 15) is 9.59 Å². The molecule has 0 saturated carbocycles. The van der Waals surface area contributed by atoms with Gasteiger partial charge in [-0.2, -0.15) is 0 Å². The molecule has 5 heteroatoms. The SMILES string of the molecule is O=C1c2ccccc2C(=O)N1CCCCP(Br)(c1ccccc1)(c1ccccc1)c1ccccc1. The van der Waals surface area contributed by atoms with E-state index in [1.54, 1.807) is 24.3 Å². The fraction of sp³-hybridized carbons (Fsp3) is 0.133. The molecule has 176 valence electrons. The first kappa shape index (κ1) is 23.7. The molecule has 0 unspecified atom stereocenters. The fourth-order valence-electron chi connectivity index (χ4n) is 5.17. The molecule has 4 aromatic rings. The van der Waals surface area contributed by atoms with Gasteiger partial charge in [-0.3, -0.25) is 0 Å². The normalized spacial score (nSPS) is 14.4. The maximum atomic E-state index is 12.8. The molecule has 0 atom stereocenters. The predicted octanol–water partition coefficient (Wildman–Crippen LogP) is 5.90. The van der Waals surface area contributed by atoms with Crippen molar-refractivity contribution in [3.8, 4) is 0 Å². The summed E-state index contributed by atoms with van der Waals surface area (Å²) in [5.74, 6) is -0.368. The van der Waals surface area contributed by atoms with Crippen LogP contribution in [0, 0.1) is 0 Å². The van der Waals surface area contributed by atoms with Crippen molar-refractivity contribution < 1.29 is 9.59 Å². The van der Waals surface area contributed by atoms with Crippen LogP contribution in [0.5, 0.6) is 0 Å². The van der Waals surface area contributed by atoms with Crippen LogP contribution >= 0.6 is 20.8 Å². The van der Waals surface area contributed by atoms with E-state index in [0.717, 1.165) is 19.0 Å². The molecule has 0 fully saturated rings. The maximum absolute atomic E-state index is 12.8. The van der Waals surface area contributed by atoms with Crippen molar-refractivity contribution in [1.82, 2.24) is 4.90 Å². The number of imide groups is 1. The third-order valence-corrected chi connectivity index (χ3v) is 17.0. The van der Waals surface area contributed by atoms with Crippen LogP contribution in [-0.4, -0.2) is 29.4 Å². The van der Waals surface area contributed by atoms with Gasteiger partial charge < -0.3 is 0 Å². The molecule has 1 heterocycles. The second-order valence-electron chi connectivity index (χ2n) is 8.93. The monoisotopic (exact) mass is 543 g/mol. The zero-order valence-corrected chi connectivity index (χ0v) is 21.9. The molecule has 0 N–H and O–H groups in total. The Morgan fingerprint density at radius 3 is 1.31 bits per heavy atom. The van der Waals surface area contributed by atoms with Gasteiger partial charge in [0.25, 0.3) is 0 Å². The van der Waals surface area contributed by atoms with E-state index in [2.05, 4.69) is 106 Å². The third-order valence-electron chi connectivity index (χ3n) is 6.97. The quantitative estimate of drug-likeness (QED) is 0.157. The van der Waals surface area contributed by atoms with Crippen molar-refractivity contribution >= 4 is 48.5 Å². The van der Waals surface area contributed by atoms with Crippen LogP contribution in [0.2, 0.25) is 0 Å². The van der Waals surface area contributed by atoms with Crippen molar-refractivity contribution in [2.75, 3.05) is 12.7 Å². The first-order valence-electron chi connectivity index (χ1n) is 11.9. The summed E-state index contributed by atoms with van der Waals surface area (Å²) in [5, 5.41) is 0.833. The Bertz CT molecular complexity index is 1220. The number of halogens is 1. The first-order chi connectivity index (χ1) is 17.0. The Labute approximate surface area is 214 Å². The number of hydrogen-bond donors (Lipinski definition) is 0. The van der Waals surface area contributed by atoms with Gasteiger partial charge in [-0.15, -0.1) is 0 Å². The van der Waals surface area contributed by atoms with E-state index in [4.69, 9.17) is 0 Å². The topological polar surface area (TPSA) is 37.4 Å². The molecule has 0 bridgehead atoms. The predicted molar refractivity (Wildman–Crippen MR) is 150 cm³/mol. The molecule has 0 saturated heterocycles. The van der Waals surface area contributed by atoms with Crippen molar-refractivity contribution in [2.24, 2.45) is 0 Å². The van der Waals surface area contributed by atoms with Gasteiger partial charge in [0.05, 0.1) is 0 Å². The number of amides is 2.